The molecule has 5 aliphatic rings. The number of rotatable bonds is 4. The van der Waals surface area contributed by atoms with Crippen molar-refractivity contribution >= 4 is 11.7 Å². The third-order valence-electron chi connectivity index (χ3n) is 8.48. The highest BCUT2D eigenvalue weighted by atomic mass is 19.4. The summed E-state index contributed by atoms with van der Waals surface area (Å²) in [5.74, 6) is 1.52. The molecule has 4 fully saturated rings. The van der Waals surface area contributed by atoms with E-state index in [1.165, 1.54) is 49.6 Å². The second-order valence-electron chi connectivity index (χ2n) is 11.0. The summed E-state index contributed by atoms with van der Waals surface area (Å²) in [4.78, 5) is 13.0. The summed E-state index contributed by atoms with van der Waals surface area (Å²) in [6.45, 7) is 0.561. The SMILES string of the molecule is O=C(NCC12CC3CC(CC(C3)C1)C2)c1cc2n(n1)[C@H](C(F)(F)F)C[C@H](c1ccc(F)cc1)N2. The number of amides is 1. The molecular weight excluding hydrogens is 448 g/mol. The third kappa shape index (κ3) is 3.86. The summed E-state index contributed by atoms with van der Waals surface area (Å²) in [6, 6.07) is 4.27. The number of carbonyl (C=O) groups is 1. The van der Waals surface area contributed by atoms with Gasteiger partial charge in [-0.1, -0.05) is 12.1 Å². The Bertz CT molecular complexity index is 1060. The Morgan fingerprint density at radius 3 is 2.26 bits per heavy atom. The fourth-order valence-corrected chi connectivity index (χ4v) is 7.46. The van der Waals surface area contributed by atoms with Crippen molar-refractivity contribution < 1.29 is 22.4 Å². The maximum atomic E-state index is 13.9. The fourth-order valence-electron chi connectivity index (χ4n) is 7.46. The van der Waals surface area contributed by atoms with Crippen molar-refractivity contribution in [3.63, 3.8) is 0 Å². The molecule has 2 N–H and O–H groups in total. The minimum atomic E-state index is -4.53. The van der Waals surface area contributed by atoms with Crippen molar-refractivity contribution in [1.82, 2.24) is 15.1 Å². The quantitative estimate of drug-likeness (QED) is 0.563. The number of carbonyl (C=O) groups excluding carboxylic acids is 1. The molecule has 4 saturated carbocycles. The minimum Gasteiger partial charge on any atom is -0.363 e. The van der Waals surface area contributed by atoms with E-state index in [9.17, 15) is 22.4 Å². The first kappa shape index (κ1) is 21.9. The van der Waals surface area contributed by atoms with E-state index in [1.54, 1.807) is 0 Å². The molecule has 0 radical (unpaired) electrons. The van der Waals surface area contributed by atoms with Gasteiger partial charge >= 0.3 is 6.18 Å². The molecule has 2 aromatic rings. The largest absolute Gasteiger partial charge is 0.410 e. The van der Waals surface area contributed by atoms with E-state index in [4.69, 9.17) is 0 Å². The van der Waals surface area contributed by atoms with Crippen molar-refractivity contribution in [3.05, 3.63) is 47.4 Å². The summed E-state index contributed by atoms with van der Waals surface area (Å²) in [7, 11) is 0. The van der Waals surface area contributed by atoms with Gasteiger partial charge in [0.05, 0.1) is 6.04 Å². The van der Waals surface area contributed by atoms with E-state index in [0.717, 1.165) is 41.7 Å². The minimum absolute atomic E-state index is 0.0127. The molecule has 34 heavy (non-hydrogen) atoms. The highest BCUT2D eigenvalue weighted by Crippen LogP contribution is 2.59. The molecule has 0 unspecified atom stereocenters. The molecule has 1 aliphatic heterocycles. The van der Waals surface area contributed by atoms with Gasteiger partial charge < -0.3 is 10.6 Å². The molecule has 1 amide bonds. The molecule has 182 valence electrons. The lowest BCUT2D eigenvalue weighted by molar-refractivity contribution is -0.173. The normalized spacial score (nSPS) is 33.9. The average molecular weight is 477 g/mol. The van der Waals surface area contributed by atoms with E-state index in [2.05, 4.69) is 15.7 Å². The molecule has 2 heterocycles. The van der Waals surface area contributed by atoms with Crippen LogP contribution < -0.4 is 10.6 Å². The van der Waals surface area contributed by atoms with Crippen LogP contribution in [0.5, 0.6) is 0 Å². The lowest BCUT2D eigenvalue weighted by atomic mass is 9.49. The van der Waals surface area contributed by atoms with Gasteiger partial charge in [-0.2, -0.15) is 18.3 Å². The van der Waals surface area contributed by atoms with Crippen molar-refractivity contribution in [3.8, 4) is 0 Å². The Morgan fingerprint density at radius 2 is 1.68 bits per heavy atom. The molecule has 1 aromatic carbocycles. The zero-order valence-electron chi connectivity index (χ0n) is 18.7. The molecule has 0 spiro atoms. The maximum absolute atomic E-state index is 13.9. The predicted molar refractivity (Wildman–Crippen MR) is 118 cm³/mol. The number of fused-ring (bicyclic) bond motifs is 1. The van der Waals surface area contributed by atoms with Crippen LogP contribution in [0.4, 0.5) is 23.4 Å². The smallest absolute Gasteiger partial charge is 0.363 e. The topological polar surface area (TPSA) is 59.0 Å². The van der Waals surface area contributed by atoms with Gasteiger partial charge in [0.15, 0.2) is 11.7 Å². The molecule has 7 rings (SSSR count). The van der Waals surface area contributed by atoms with Crippen LogP contribution in [0.1, 0.15) is 73.1 Å². The molecule has 4 bridgehead atoms. The molecule has 0 saturated heterocycles. The first-order valence-corrected chi connectivity index (χ1v) is 12.1. The Hall–Kier alpha value is -2.58. The van der Waals surface area contributed by atoms with Crippen LogP contribution in [-0.2, 0) is 0 Å². The van der Waals surface area contributed by atoms with Gasteiger partial charge in [0.25, 0.3) is 5.91 Å². The first-order valence-electron chi connectivity index (χ1n) is 12.1. The van der Waals surface area contributed by atoms with Crippen molar-refractivity contribution in [2.24, 2.45) is 23.2 Å². The Labute approximate surface area is 195 Å². The molecule has 1 aromatic heterocycles. The molecule has 4 aliphatic carbocycles. The number of hydrogen-bond donors (Lipinski definition) is 2. The van der Waals surface area contributed by atoms with E-state index in [1.807, 2.05) is 0 Å². The Balaban J connectivity index is 1.21. The summed E-state index contributed by atoms with van der Waals surface area (Å²) in [6.07, 6.45) is 2.50. The highest BCUT2D eigenvalue weighted by molar-refractivity contribution is 5.93. The second kappa shape index (κ2) is 7.71. The van der Waals surface area contributed by atoms with Crippen LogP contribution in [0.2, 0.25) is 0 Å². The molecule has 9 heteroatoms. The standard InChI is InChI=1S/C25H28F4N4O/c26-18-3-1-17(2-4-18)19-8-21(25(27,28)29)33-22(31-19)9-20(32-33)23(34)30-13-24-10-14-5-15(11-24)7-16(6-14)12-24/h1-4,9,14-16,19,21,31H,5-8,10-13H2,(H,30,34)/t14?,15?,16?,19-,21+,24?/m1/s1. The Kier molecular flexibility index (Phi) is 4.97. The monoisotopic (exact) mass is 476 g/mol. The van der Waals surface area contributed by atoms with Gasteiger partial charge in [0.2, 0.25) is 0 Å². The second-order valence-corrected chi connectivity index (χ2v) is 11.0. The Morgan fingerprint density at radius 1 is 1.06 bits per heavy atom. The molecular formula is C25H28F4N4O. The zero-order valence-corrected chi connectivity index (χ0v) is 18.7. The van der Waals surface area contributed by atoms with E-state index in [0.29, 0.717) is 12.1 Å². The number of halogens is 4. The summed E-state index contributed by atoms with van der Waals surface area (Å²) in [5, 5.41) is 10.1. The zero-order chi connectivity index (χ0) is 23.7. The number of anilines is 1. The van der Waals surface area contributed by atoms with Gasteiger partial charge in [-0.25, -0.2) is 9.07 Å². The number of nitrogens with one attached hydrogen (secondary N) is 2. The lowest BCUT2D eigenvalue weighted by Gasteiger charge is -2.56. The first-order chi connectivity index (χ1) is 16.2. The van der Waals surface area contributed by atoms with Crippen molar-refractivity contribution in [2.75, 3.05) is 11.9 Å². The summed E-state index contributed by atoms with van der Waals surface area (Å²) >= 11 is 0. The van der Waals surface area contributed by atoms with Gasteiger partial charge in [-0.05, 0) is 79.4 Å². The summed E-state index contributed by atoms with van der Waals surface area (Å²) in [5.41, 5.74) is 0.668. The summed E-state index contributed by atoms with van der Waals surface area (Å²) < 4.78 is 55.9. The van der Waals surface area contributed by atoms with E-state index in [-0.39, 0.29) is 23.3 Å². The van der Waals surface area contributed by atoms with Gasteiger partial charge in [-0.3, -0.25) is 4.79 Å². The van der Waals surface area contributed by atoms with Crippen molar-refractivity contribution in [2.45, 2.75) is 63.2 Å². The van der Waals surface area contributed by atoms with Crippen LogP contribution in [0.15, 0.2) is 30.3 Å². The highest BCUT2D eigenvalue weighted by Gasteiger charge is 2.51. The molecule has 5 nitrogen and oxygen atoms in total. The van der Waals surface area contributed by atoms with Crippen LogP contribution in [-0.4, -0.2) is 28.4 Å². The average Bonchev–Trinajstić information content (AvgIpc) is 3.20. The van der Waals surface area contributed by atoms with Gasteiger partial charge in [0.1, 0.15) is 11.6 Å². The van der Waals surface area contributed by atoms with Crippen molar-refractivity contribution in [1.29, 1.82) is 0 Å². The number of alkyl halides is 3. The molecule has 2 atom stereocenters. The number of aromatic nitrogens is 2. The maximum Gasteiger partial charge on any atom is 0.410 e. The van der Waals surface area contributed by atoms with Crippen LogP contribution in [0.3, 0.4) is 0 Å². The number of nitrogens with zero attached hydrogens (tertiary/aromatic N) is 2. The van der Waals surface area contributed by atoms with E-state index >= 15 is 0 Å². The van der Waals surface area contributed by atoms with Gasteiger partial charge in [0, 0.05) is 19.0 Å². The lowest BCUT2D eigenvalue weighted by Crippen LogP contribution is -2.51. The number of hydrogen-bond acceptors (Lipinski definition) is 3. The predicted octanol–water partition coefficient (Wildman–Crippen LogP) is 5.63. The number of benzene rings is 1. The van der Waals surface area contributed by atoms with E-state index < -0.39 is 30.0 Å². The van der Waals surface area contributed by atoms with Crippen LogP contribution in [0.25, 0.3) is 0 Å². The van der Waals surface area contributed by atoms with Crippen LogP contribution in [0, 0.1) is 29.0 Å². The van der Waals surface area contributed by atoms with Gasteiger partial charge in [-0.15, -0.1) is 0 Å². The third-order valence-corrected chi connectivity index (χ3v) is 8.48. The fraction of sp³-hybridized carbons (Fsp3) is 0.600. The van der Waals surface area contributed by atoms with Crippen LogP contribution >= 0.6 is 0 Å².